The number of carbonyl (C=O) groups excluding carboxylic acids is 2. The summed E-state index contributed by atoms with van der Waals surface area (Å²) in [7, 11) is 0. The number of nitrogens with zero attached hydrogens (tertiary/aromatic N) is 1. The molecule has 2 amide bonds. The van der Waals surface area contributed by atoms with E-state index >= 15 is 0 Å². The summed E-state index contributed by atoms with van der Waals surface area (Å²) in [5.74, 6) is -0.871. The summed E-state index contributed by atoms with van der Waals surface area (Å²) in [4.78, 5) is 25.1. The average Bonchev–Trinajstić information content (AvgIpc) is 2.33. The molecule has 0 saturated carbocycles. The number of thioether (sulfide) groups is 1. The van der Waals surface area contributed by atoms with Gasteiger partial charge in [0.05, 0.1) is 6.54 Å². The predicted octanol–water partition coefficient (Wildman–Crippen LogP) is 1.76. The van der Waals surface area contributed by atoms with E-state index in [-0.39, 0.29) is 42.4 Å². The van der Waals surface area contributed by atoms with Gasteiger partial charge in [-0.2, -0.15) is 13.2 Å². The van der Waals surface area contributed by atoms with Gasteiger partial charge in [-0.15, -0.1) is 0 Å². The van der Waals surface area contributed by atoms with Crippen LogP contribution in [0.15, 0.2) is 0 Å². The maximum atomic E-state index is 12.1. The highest BCUT2D eigenvalue weighted by Crippen LogP contribution is 2.32. The zero-order chi connectivity index (χ0) is 14.7. The van der Waals surface area contributed by atoms with E-state index in [0.717, 1.165) is 0 Å². The van der Waals surface area contributed by atoms with Crippen molar-refractivity contribution in [1.29, 1.82) is 0 Å². The molecule has 0 radical (unpaired) electrons. The molecule has 4 nitrogen and oxygen atoms in total. The molecule has 1 N–H and O–H groups in total. The highest BCUT2D eigenvalue weighted by atomic mass is 32.2. The minimum absolute atomic E-state index is 0.0713. The second-order valence-corrected chi connectivity index (χ2v) is 5.42. The van der Waals surface area contributed by atoms with E-state index in [1.807, 2.05) is 0 Å². The Kier molecular flexibility index (Phi) is 5.11. The molecule has 1 rings (SSSR count). The second kappa shape index (κ2) is 6.02. The Hall–Kier alpha value is -0.920. The van der Waals surface area contributed by atoms with Crippen molar-refractivity contribution in [2.75, 3.05) is 18.8 Å². The highest BCUT2D eigenvalue weighted by molar-refractivity contribution is 8.00. The second-order valence-electron chi connectivity index (χ2n) is 4.26. The molecule has 1 heterocycles. The van der Waals surface area contributed by atoms with Crippen LogP contribution in [-0.2, 0) is 9.59 Å². The smallest absolute Gasteiger partial charge is 0.345 e. The summed E-state index contributed by atoms with van der Waals surface area (Å²) in [5.41, 5.74) is -5.33. The Morgan fingerprint density at radius 3 is 2.37 bits per heavy atom. The quantitative estimate of drug-likeness (QED) is 0.841. The molecule has 0 aromatic heterocycles. The van der Waals surface area contributed by atoms with Crippen LogP contribution in [-0.4, -0.2) is 46.6 Å². The van der Waals surface area contributed by atoms with Crippen molar-refractivity contribution in [2.24, 2.45) is 0 Å². The number of carbonyl (C=O) groups is 2. The maximum Gasteiger partial charge on any atom is 0.441 e. The van der Waals surface area contributed by atoms with Gasteiger partial charge >= 0.3 is 5.51 Å². The third-order valence-electron chi connectivity index (χ3n) is 3.39. The molecule has 8 heteroatoms. The fourth-order valence-electron chi connectivity index (χ4n) is 2.32. The lowest BCUT2D eigenvalue weighted by Crippen LogP contribution is -2.67. The van der Waals surface area contributed by atoms with E-state index in [0.29, 0.717) is 12.8 Å². The monoisotopic (exact) mass is 298 g/mol. The van der Waals surface area contributed by atoms with Crippen LogP contribution in [0.3, 0.4) is 0 Å². The summed E-state index contributed by atoms with van der Waals surface area (Å²) in [6.45, 7) is 3.30. The first-order valence-electron chi connectivity index (χ1n) is 6.06. The summed E-state index contributed by atoms with van der Waals surface area (Å²) in [6, 6.07) is 0. The van der Waals surface area contributed by atoms with Crippen LogP contribution in [0.4, 0.5) is 13.2 Å². The van der Waals surface area contributed by atoms with Crippen molar-refractivity contribution in [1.82, 2.24) is 10.2 Å². The van der Waals surface area contributed by atoms with Crippen molar-refractivity contribution in [3.05, 3.63) is 0 Å². The van der Waals surface area contributed by atoms with Crippen molar-refractivity contribution < 1.29 is 22.8 Å². The van der Waals surface area contributed by atoms with Crippen molar-refractivity contribution >= 4 is 23.6 Å². The van der Waals surface area contributed by atoms with Gasteiger partial charge in [-0.3, -0.25) is 9.59 Å². The van der Waals surface area contributed by atoms with Crippen LogP contribution in [0, 0.1) is 0 Å². The normalized spacial score (nSPS) is 19.5. The van der Waals surface area contributed by atoms with Crippen LogP contribution in [0.1, 0.15) is 26.7 Å². The molecular formula is C11H17F3N2O2S. The van der Waals surface area contributed by atoms with Crippen molar-refractivity contribution in [3.8, 4) is 0 Å². The lowest BCUT2D eigenvalue weighted by Gasteiger charge is -2.45. The molecule has 0 aromatic carbocycles. The zero-order valence-electron chi connectivity index (χ0n) is 10.8. The standard InChI is InChI=1S/C11H17F3N2O2S/c1-3-10(4-2)9(18)15-7-8(17)16(10)5-6-19-11(12,13)14/h3-7H2,1-2H3,(H,15,18). The van der Waals surface area contributed by atoms with Gasteiger partial charge in [0, 0.05) is 12.3 Å². The fraction of sp³-hybridized carbons (Fsp3) is 0.818. The Morgan fingerprint density at radius 1 is 1.32 bits per heavy atom. The molecule has 1 saturated heterocycles. The molecule has 110 valence electrons. The van der Waals surface area contributed by atoms with Gasteiger partial charge in [0.25, 0.3) is 0 Å². The fourth-order valence-corrected chi connectivity index (χ4v) is 2.83. The zero-order valence-corrected chi connectivity index (χ0v) is 11.7. The molecule has 0 unspecified atom stereocenters. The van der Waals surface area contributed by atoms with Crippen LogP contribution in [0.25, 0.3) is 0 Å². The van der Waals surface area contributed by atoms with Crippen LogP contribution in [0.2, 0.25) is 0 Å². The Balaban J connectivity index is 2.80. The topological polar surface area (TPSA) is 49.4 Å². The number of piperazine rings is 1. The lowest BCUT2D eigenvalue weighted by atomic mass is 9.87. The Labute approximate surface area is 114 Å². The molecule has 0 atom stereocenters. The summed E-state index contributed by atoms with van der Waals surface area (Å²) < 4.78 is 36.4. The lowest BCUT2D eigenvalue weighted by molar-refractivity contribution is -0.154. The largest absolute Gasteiger partial charge is 0.441 e. The number of halogens is 3. The molecule has 19 heavy (non-hydrogen) atoms. The average molecular weight is 298 g/mol. The van der Waals surface area contributed by atoms with Gasteiger partial charge in [0.1, 0.15) is 5.54 Å². The van der Waals surface area contributed by atoms with Gasteiger partial charge < -0.3 is 10.2 Å². The van der Waals surface area contributed by atoms with Crippen LogP contribution >= 0.6 is 11.8 Å². The molecular weight excluding hydrogens is 281 g/mol. The maximum absolute atomic E-state index is 12.1. The molecule has 0 bridgehead atoms. The molecule has 1 aliphatic rings. The Bertz CT molecular complexity index is 356. The molecule has 0 aliphatic carbocycles. The van der Waals surface area contributed by atoms with E-state index < -0.39 is 11.0 Å². The molecule has 0 spiro atoms. The van der Waals surface area contributed by atoms with E-state index in [4.69, 9.17) is 0 Å². The first-order valence-corrected chi connectivity index (χ1v) is 7.05. The van der Waals surface area contributed by atoms with Gasteiger partial charge in [0.2, 0.25) is 11.8 Å². The first-order chi connectivity index (χ1) is 8.77. The third-order valence-corrected chi connectivity index (χ3v) is 4.10. The molecule has 0 aromatic rings. The van der Waals surface area contributed by atoms with Gasteiger partial charge in [-0.05, 0) is 24.6 Å². The number of amides is 2. The number of hydrogen-bond acceptors (Lipinski definition) is 3. The van der Waals surface area contributed by atoms with Crippen molar-refractivity contribution in [2.45, 2.75) is 37.7 Å². The minimum atomic E-state index is -4.32. The van der Waals surface area contributed by atoms with E-state index in [2.05, 4.69) is 5.32 Å². The number of alkyl halides is 3. The summed E-state index contributed by atoms with van der Waals surface area (Å²) >= 11 is -0.173. The van der Waals surface area contributed by atoms with E-state index in [1.165, 1.54) is 4.90 Å². The number of rotatable bonds is 5. The van der Waals surface area contributed by atoms with Crippen LogP contribution in [0.5, 0.6) is 0 Å². The molecule has 1 fully saturated rings. The first kappa shape index (κ1) is 16.1. The Morgan fingerprint density at radius 2 is 1.89 bits per heavy atom. The minimum Gasteiger partial charge on any atom is -0.345 e. The van der Waals surface area contributed by atoms with Gasteiger partial charge in [-0.1, -0.05) is 13.8 Å². The number of hydrogen-bond donors (Lipinski definition) is 1. The highest BCUT2D eigenvalue weighted by Gasteiger charge is 2.46. The summed E-state index contributed by atoms with van der Waals surface area (Å²) in [6.07, 6.45) is 0.773. The van der Waals surface area contributed by atoms with Crippen LogP contribution < -0.4 is 5.32 Å². The summed E-state index contributed by atoms with van der Waals surface area (Å²) in [5, 5.41) is 2.50. The number of nitrogens with one attached hydrogen (secondary N) is 1. The third kappa shape index (κ3) is 3.55. The molecule has 1 aliphatic heterocycles. The van der Waals surface area contributed by atoms with Crippen molar-refractivity contribution in [3.63, 3.8) is 0 Å². The van der Waals surface area contributed by atoms with E-state index in [9.17, 15) is 22.8 Å². The van der Waals surface area contributed by atoms with Gasteiger partial charge in [0.15, 0.2) is 0 Å². The van der Waals surface area contributed by atoms with E-state index in [1.54, 1.807) is 13.8 Å². The SMILES string of the molecule is CCC1(CC)C(=O)NCC(=O)N1CCSC(F)(F)F. The predicted molar refractivity (Wildman–Crippen MR) is 66.5 cm³/mol. The van der Waals surface area contributed by atoms with Gasteiger partial charge in [-0.25, -0.2) is 0 Å².